The highest BCUT2D eigenvalue weighted by atomic mass is 32.1. The molecule has 0 radical (unpaired) electrons. The average Bonchev–Trinajstić information content (AvgIpc) is 3.46. The molecule has 0 saturated heterocycles. The number of aromatic nitrogens is 3. The molecule has 6 N–H and O–H groups in total. The maximum Gasteiger partial charge on any atom is 0.338 e. The van der Waals surface area contributed by atoms with Crippen molar-refractivity contribution in [3.05, 3.63) is 136 Å². The van der Waals surface area contributed by atoms with Crippen LogP contribution < -0.4 is 21.8 Å². The van der Waals surface area contributed by atoms with Crippen LogP contribution >= 0.6 is 12.2 Å². The zero-order valence-electron chi connectivity index (χ0n) is 27.7. The Morgan fingerprint density at radius 1 is 0.904 bits per heavy atom. The summed E-state index contributed by atoms with van der Waals surface area (Å²) in [5, 5.41) is 28.7. The number of imidazole rings is 1. The van der Waals surface area contributed by atoms with E-state index in [1.807, 2.05) is 55.5 Å². The number of rotatable bonds is 7. The number of aryl methyl sites for hydroxylation is 1. The summed E-state index contributed by atoms with van der Waals surface area (Å²) in [6, 6.07) is 30.0. The fourth-order valence-corrected chi connectivity index (χ4v) is 6.88. The van der Waals surface area contributed by atoms with Gasteiger partial charge in [-0.2, -0.15) is 0 Å². The number of carboxylic acid groups (broad SMARTS) is 1. The van der Waals surface area contributed by atoms with Crippen molar-refractivity contribution in [1.29, 1.82) is 0 Å². The third-order valence-corrected chi connectivity index (χ3v) is 9.34. The molecule has 2 aromatic heterocycles. The Labute approximate surface area is 301 Å². The summed E-state index contributed by atoms with van der Waals surface area (Å²) >= 11 is 5.62. The summed E-state index contributed by atoms with van der Waals surface area (Å²) < 4.78 is 8.10. The normalized spacial score (nSPS) is 11.4. The smallest absolute Gasteiger partial charge is 0.338 e. The molecule has 1 aliphatic heterocycles. The molecule has 6 aromatic rings. The van der Waals surface area contributed by atoms with Crippen LogP contribution in [0.5, 0.6) is 5.75 Å². The van der Waals surface area contributed by atoms with Crippen molar-refractivity contribution in [1.82, 2.24) is 19.9 Å². The largest absolute Gasteiger partial charge is 0.508 e. The lowest BCUT2D eigenvalue weighted by atomic mass is 9.90. The highest BCUT2D eigenvalue weighted by molar-refractivity contribution is 7.80. The molecular weight excluding hydrogens is 677 g/mol. The number of phenolic OH excluding ortho intramolecular Hbond substituents is 1. The minimum Gasteiger partial charge on any atom is -0.508 e. The van der Waals surface area contributed by atoms with Crippen molar-refractivity contribution in [2.24, 2.45) is 0 Å². The molecule has 52 heavy (non-hydrogen) atoms. The van der Waals surface area contributed by atoms with Crippen molar-refractivity contribution in [3.63, 3.8) is 0 Å². The quantitative estimate of drug-likeness (QED) is 0.0833. The van der Waals surface area contributed by atoms with Crippen molar-refractivity contribution < 1.29 is 19.4 Å². The van der Waals surface area contributed by atoms with Crippen molar-refractivity contribution in [2.45, 2.75) is 20.0 Å². The molecule has 0 bridgehead atoms. The topological polar surface area (TPSA) is 169 Å². The van der Waals surface area contributed by atoms with Gasteiger partial charge in [0.05, 0.1) is 22.3 Å². The van der Waals surface area contributed by atoms with Gasteiger partial charge in [-0.05, 0) is 72.2 Å². The fraction of sp³-hybridized carbons (Fsp3) is 0.0750. The molecule has 1 aliphatic carbocycles. The van der Waals surface area contributed by atoms with Crippen LogP contribution in [0.2, 0.25) is 0 Å². The fourth-order valence-electron chi connectivity index (χ4n) is 6.70. The molecule has 0 unspecified atom stereocenters. The molecule has 0 saturated carbocycles. The number of thiocarbonyl (C=S) groups is 1. The predicted octanol–water partition coefficient (Wildman–Crippen LogP) is 7.29. The monoisotopic (exact) mass is 706 g/mol. The van der Waals surface area contributed by atoms with E-state index in [4.69, 9.17) is 27.4 Å². The molecular formula is C40H30N6O5S. The van der Waals surface area contributed by atoms with Gasteiger partial charge >= 0.3 is 5.97 Å². The van der Waals surface area contributed by atoms with E-state index in [0.717, 1.165) is 33.4 Å². The zero-order valence-corrected chi connectivity index (χ0v) is 28.5. The molecule has 4 aromatic carbocycles. The minimum absolute atomic E-state index is 0.0169. The first-order valence-electron chi connectivity index (χ1n) is 16.3. The number of nitrogens with two attached hydrogens (primary N) is 1. The molecule has 3 heterocycles. The number of phenols is 1. The summed E-state index contributed by atoms with van der Waals surface area (Å²) in [6.07, 6.45) is 0. The lowest BCUT2D eigenvalue weighted by molar-refractivity contribution is 0.0699. The van der Waals surface area contributed by atoms with Gasteiger partial charge < -0.3 is 35.6 Å². The van der Waals surface area contributed by atoms with Gasteiger partial charge in [0.1, 0.15) is 28.4 Å². The molecule has 11 nitrogen and oxygen atoms in total. The van der Waals surface area contributed by atoms with Crippen LogP contribution in [-0.2, 0) is 13.1 Å². The van der Waals surface area contributed by atoms with E-state index in [0.29, 0.717) is 52.1 Å². The molecule has 256 valence electrons. The summed E-state index contributed by atoms with van der Waals surface area (Å²) in [6.45, 7) is 2.95. The number of aromatic carboxylic acids is 1. The van der Waals surface area contributed by atoms with Crippen LogP contribution in [-0.4, -0.2) is 35.8 Å². The van der Waals surface area contributed by atoms with E-state index in [2.05, 4.69) is 20.2 Å². The lowest BCUT2D eigenvalue weighted by Gasteiger charge is -2.19. The Hall–Kier alpha value is -6.79. The first kappa shape index (κ1) is 32.4. The Morgan fingerprint density at radius 3 is 2.50 bits per heavy atom. The number of hydrogen-bond donors (Lipinski definition) is 5. The first-order valence-corrected chi connectivity index (χ1v) is 16.8. The molecule has 0 amide bonds. The number of hydrogen-bond acceptors (Lipinski definition) is 8. The van der Waals surface area contributed by atoms with E-state index >= 15 is 0 Å². The number of fused-ring (bicyclic) bond motifs is 5. The Morgan fingerprint density at radius 2 is 1.69 bits per heavy atom. The second kappa shape index (κ2) is 12.8. The number of nitrogens with one attached hydrogen (secondary N) is 2. The van der Waals surface area contributed by atoms with Crippen LogP contribution in [0.1, 0.15) is 27.3 Å². The molecule has 8 rings (SSSR count). The standard InChI is InChI=1S/C40H30N6O5S/c1-21-43-36-37(26-5-2-3-7-30(26)44-38(36)41)46(21)20-23-11-9-22(10-12-23)19-42-40(52)45-31-8-4-6-29(35(31)39(49)50)34-27-15-13-24(47)17-32(27)51-33-18-25(48)14-16-28(33)34/h2-18,47H,19-20H2,1H3,(H2,41,44)(H,49,50)(H2,42,45,52). The number of pyridine rings is 1. The number of nitrogens with zero attached hydrogens (tertiary/aromatic N) is 3. The van der Waals surface area contributed by atoms with Gasteiger partial charge in [0.15, 0.2) is 16.4 Å². The molecule has 0 fully saturated rings. The van der Waals surface area contributed by atoms with Gasteiger partial charge in [0.2, 0.25) is 0 Å². The number of para-hydroxylation sites is 1. The van der Waals surface area contributed by atoms with Crippen LogP contribution in [0, 0.1) is 6.92 Å². The molecule has 12 heteroatoms. The van der Waals surface area contributed by atoms with Gasteiger partial charge in [0, 0.05) is 47.1 Å². The maximum absolute atomic E-state index is 12.8. The van der Waals surface area contributed by atoms with E-state index in [-0.39, 0.29) is 33.3 Å². The van der Waals surface area contributed by atoms with Crippen molar-refractivity contribution in [3.8, 4) is 28.2 Å². The predicted molar refractivity (Wildman–Crippen MR) is 206 cm³/mol. The molecule has 0 spiro atoms. The zero-order chi connectivity index (χ0) is 36.1. The summed E-state index contributed by atoms with van der Waals surface area (Å²) in [5.74, 6) is 0.306. The highest BCUT2D eigenvalue weighted by Gasteiger charge is 2.24. The van der Waals surface area contributed by atoms with E-state index in [9.17, 15) is 19.8 Å². The third kappa shape index (κ3) is 5.80. The Bertz CT molecular complexity index is 2760. The van der Waals surface area contributed by atoms with Gasteiger partial charge in [-0.1, -0.05) is 54.6 Å². The maximum atomic E-state index is 12.8. The summed E-state index contributed by atoms with van der Waals surface area (Å²) in [7, 11) is 0. The van der Waals surface area contributed by atoms with Crippen LogP contribution in [0.3, 0.4) is 0 Å². The van der Waals surface area contributed by atoms with Gasteiger partial charge in [0.25, 0.3) is 0 Å². The number of aromatic hydroxyl groups is 1. The van der Waals surface area contributed by atoms with E-state index < -0.39 is 5.97 Å². The third-order valence-electron chi connectivity index (χ3n) is 9.09. The second-order valence-electron chi connectivity index (χ2n) is 12.4. The van der Waals surface area contributed by atoms with Crippen LogP contribution in [0.25, 0.3) is 55.4 Å². The van der Waals surface area contributed by atoms with Crippen molar-refractivity contribution in [2.75, 3.05) is 11.1 Å². The number of benzene rings is 5. The molecule has 2 aliphatic rings. The van der Waals surface area contributed by atoms with E-state index in [1.165, 1.54) is 24.3 Å². The van der Waals surface area contributed by atoms with E-state index in [1.54, 1.807) is 30.3 Å². The Balaban J connectivity index is 1.03. The second-order valence-corrected chi connectivity index (χ2v) is 12.8. The SMILES string of the molecule is Cc1nc2c(N)nc3ccccc3c2n1Cc1ccc(CNC(=S)Nc2cccc(-c3c4ccc(=O)cc-4oc4cc(O)ccc34)c2C(=O)O)cc1. The van der Waals surface area contributed by atoms with Gasteiger partial charge in [-0.15, -0.1) is 0 Å². The Kier molecular flexibility index (Phi) is 8.00. The van der Waals surface area contributed by atoms with Crippen LogP contribution in [0.4, 0.5) is 11.5 Å². The molecule has 0 atom stereocenters. The summed E-state index contributed by atoms with van der Waals surface area (Å²) in [5.41, 5.74) is 12.6. The van der Waals surface area contributed by atoms with Gasteiger partial charge in [-0.25, -0.2) is 14.8 Å². The van der Waals surface area contributed by atoms with Crippen LogP contribution in [0.15, 0.2) is 112 Å². The highest BCUT2D eigenvalue weighted by Crippen LogP contribution is 2.43. The number of carboxylic acids is 1. The summed E-state index contributed by atoms with van der Waals surface area (Å²) in [4.78, 5) is 34.3. The van der Waals surface area contributed by atoms with Crippen molar-refractivity contribution >= 4 is 67.7 Å². The van der Waals surface area contributed by atoms with Gasteiger partial charge in [-0.3, -0.25) is 4.79 Å². The minimum atomic E-state index is -1.18. The number of anilines is 2. The number of nitrogen functional groups attached to an aromatic ring is 1. The number of carbonyl (C=O) groups is 1. The first-order chi connectivity index (χ1) is 25.1. The average molecular weight is 707 g/mol. The lowest BCUT2D eigenvalue weighted by Crippen LogP contribution is -2.28.